The van der Waals surface area contributed by atoms with Gasteiger partial charge >= 0.3 is 0 Å². The molecule has 1 saturated heterocycles. The number of benzene rings is 2. The number of likely N-dealkylation sites (tertiary alicyclic amines) is 1. The van der Waals surface area contributed by atoms with Crippen LogP contribution in [0.3, 0.4) is 0 Å². The minimum absolute atomic E-state index is 0.0254. The summed E-state index contributed by atoms with van der Waals surface area (Å²) in [6, 6.07) is 7.93. The second-order valence-electron chi connectivity index (χ2n) is 8.11. The molecule has 1 aliphatic rings. The number of amides is 1. The van der Waals surface area contributed by atoms with Crippen LogP contribution in [0.25, 0.3) is 0 Å². The van der Waals surface area contributed by atoms with E-state index in [2.05, 4.69) is 0 Å². The molecule has 0 bridgehead atoms. The minimum Gasteiger partial charge on any atom is -0.507 e. The van der Waals surface area contributed by atoms with Crippen molar-refractivity contribution in [2.24, 2.45) is 5.92 Å². The van der Waals surface area contributed by atoms with Crippen molar-refractivity contribution >= 4 is 30.2 Å². The van der Waals surface area contributed by atoms with E-state index in [0.29, 0.717) is 37.2 Å². The van der Waals surface area contributed by atoms with Gasteiger partial charge in [-0.2, -0.15) is 0 Å². The normalized spacial score (nSPS) is 17.9. The highest BCUT2D eigenvalue weighted by atomic mass is 32.2. The molecule has 2 atom stereocenters. The van der Waals surface area contributed by atoms with Crippen LogP contribution in [0.2, 0.25) is 0 Å². The molecule has 8 nitrogen and oxygen atoms in total. The molecule has 0 aromatic heterocycles. The number of ether oxygens (including phenoxy) is 3. The molecule has 35 heavy (non-hydrogen) atoms. The van der Waals surface area contributed by atoms with Gasteiger partial charge in [0.25, 0.3) is 5.91 Å². The van der Waals surface area contributed by atoms with Gasteiger partial charge in [0.05, 0.1) is 42.4 Å². The van der Waals surface area contributed by atoms with Crippen LogP contribution >= 0.6 is 11.8 Å². The average Bonchev–Trinajstić information content (AvgIpc) is 3.08. The van der Waals surface area contributed by atoms with Gasteiger partial charge in [-0.05, 0) is 50.3 Å². The van der Waals surface area contributed by atoms with Crippen LogP contribution in [0.1, 0.15) is 57.3 Å². The molecule has 2 unspecified atom stereocenters. The second-order valence-corrected chi connectivity index (χ2v) is 9.06. The van der Waals surface area contributed by atoms with Crippen molar-refractivity contribution in [2.75, 3.05) is 33.1 Å². The number of nitrogens with zero attached hydrogens (tertiary/aromatic N) is 1. The fourth-order valence-electron chi connectivity index (χ4n) is 4.38. The number of thioether (sulfide) groups is 1. The molecule has 1 amide bonds. The highest BCUT2D eigenvalue weighted by molar-refractivity contribution is 7.99. The standard InChI is InChI=1S/C26H31NO7S/c1-4-33-24-19(14-28)18(11-12-23(24)32-2)25(31)27-13-6-5-8-17(26(27)35-3)16-34-22-10-7-9-21(30)20(22)15-29/h7,9-12,14-15,17,26,30H,4-6,8,13,16H2,1-3H3. The smallest absolute Gasteiger partial charge is 0.255 e. The van der Waals surface area contributed by atoms with Crippen molar-refractivity contribution in [1.29, 1.82) is 0 Å². The van der Waals surface area contributed by atoms with E-state index in [0.717, 1.165) is 19.3 Å². The van der Waals surface area contributed by atoms with Crippen molar-refractivity contribution in [1.82, 2.24) is 4.90 Å². The molecule has 1 heterocycles. The number of methoxy groups -OCH3 is 1. The fourth-order valence-corrected chi connectivity index (χ4v) is 5.44. The second kappa shape index (κ2) is 12.5. The summed E-state index contributed by atoms with van der Waals surface area (Å²) in [6.07, 6.45) is 5.70. The highest BCUT2D eigenvalue weighted by Crippen LogP contribution is 2.36. The van der Waals surface area contributed by atoms with Crippen molar-refractivity contribution in [2.45, 2.75) is 31.6 Å². The SMILES string of the molecule is CCOc1c(OC)ccc(C(=O)N2CCCCC(COc3cccc(O)c3C=O)C2SC)c1C=O. The first-order valence-corrected chi connectivity index (χ1v) is 12.8. The third-order valence-electron chi connectivity index (χ3n) is 6.07. The molecule has 9 heteroatoms. The number of hydrogen-bond donors (Lipinski definition) is 1. The summed E-state index contributed by atoms with van der Waals surface area (Å²) >= 11 is 1.54. The van der Waals surface area contributed by atoms with Gasteiger partial charge in [-0.3, -0.25) is 14.4 Å². The molecule has 0 spiro atoms. The summed E-state index contributed by atoms with van der Waals surface area (Å²) in [7, 11) is 1.49. The van der Waals surface area contributed by atoms with Gasteiger partial charge in [0, 0.05) is 12.5 Å². The van der Waals surface area contributed by atoms with Gasteiger partial charge in [0.1, 0.15) is 11.5 Å². The lowest BCUT2D eigenvalue weighted by atomic mass is 10.0. The van der Waals surface area contributed by atoms with Gasteiger partial charge in [-0.15, -0.1) is 11.8 Å². The first-order chi connectivity index (χ1) is 17.0. The topological polar surface area (TPSA) is 102 Å². The van der Waals surface area contributed by atoms with E-state index in [1.54, 1.807) is 47.9 Å². The third kappa shape index (κ3) is 5.73. The Morgan fingerprint density at radius 2 is 1.89 bits per heavy atom. The molecule has 188 valence electrons. The van der Waals surface area contributed by atoms with E-state index in [9.17, 15) is 19.5 Å². The van der Waals surface area contributed by atoms with Crippen molar-refractivity contribution in [3.8, 4) is 23.0 Å². The Morgan fingerprint density at radius 1 is 1.11 bits per heavy atom. The Hall–Kier alpha value is -3.20. The van der Waals surface area contributed by atoms with Crippen LogP contribution < -0.4 is 14.2 Å². The van der Waals surface area contributed by atoms with Crippen molar-refractivity contribution in [3.63, 3.8) is 0 Å². The van der Waals surface area contributed by atoms with E-state index < -0.39 is 0 Å². The summed E-state index contributed by atoms with van der Waals surface area (Å²) < 4.78 is 16.9. The van der Waals surface area contributed by atoms with Crippen molar-refractivity contribution < 1.29 is 33.7 Å². The lowest BCUT2D eigenvalue weighted by Crippen LogP contribution is -2.43. The van der Waals surface area contributed by atoms with Crippen LogP contribution in [0, 0.1) is 5.92 Å². The van der Waals surface area contributed by atoms with Crippen LogP contribution in [0.15, 0.2) is 30.3 Å². The summed E-state index contributed by atoms with van der Waals surface area (Å²) in [6.45, 7) is 2.94. The lowest BCUT2D eigenvalue weighted by Gasteiger charge is -2.34. The van der Waals surface area contributed by atoms with Crippen LogP contribution in [0.4, 0.5) is 0 Å². The molecule has 1 N–H and O–H groups in total. The number of hydrogen-bond acceptors (Lipinski definition) is 8. The zero-order chi connectivity index (χ0) is 25.4. The molecule has 1 aliphatic heterocycles. The molecule has 2 aromatic rings. The number of carbonyl (C=O) groups is 3. The fraction of sp³-hybridized carbons (Fsp3) is 0.423. The van der Waals surface area contributed by atoms with Crippen molar-refractivity contribution in [3.05, 3.63) is 47.0 Å². The lowest BCUT2D eigenvalue weighted by molar-refractivity contribution is 0.0691. The maximum Gasteiger partial charge on any atom is 0.255 e. The molecular weight excluding hydrogens is 470 g/mol. The maximum atomic E-state index is 13.8. The van der Waals surface area contributed by atoms with Gasteiger partial charge in [-0.1, -0.05) is 12.5 Å². The quantitative estimate of drug-likeness (QED) is 0.477. The molecule has 0 aliphatic carbocycles. The van der Waals surface area contributed by atoms with Gasteiger partial charge in [0.2, 0.25) is 0 Å². The molecular formula is C26H31NO7S. The summed E-state index contributed by atoms with van der Waals surface area (Å²) in [5.41, 5.74) is 0.539. The zero-order valence-electron chi connectivity index (χ0n) is 20.2. The van der Waals surface area contributed by atoms with Crippen LogP contribution in [-0.2, 0) is 0 Å². The number of aromatic hydroxyl groups is 1. The monoisotopic (exact) mass is 501 g/mol. The average molecular weight is 502 g/mol. The summed E-state index contributed by atoms with van der Waals surface area (Å²) in [5, 5.41) is 9.73. The van der Waals surface area contributed by atoms with E-state index in [-0.39, 0.29) is 52.0 Å². The number of aldehydes is 2. The van der Waals surface area contributed by atoms with E-state index >= 15 is 0 Å². The Balaban J connectivity index is 1.90. The maximum absolute atomic E-state index is 13.8. The summed E-state index contributed by atoms with van der Waals surface area (Å²) in [5.74, 6) is 0.544. The van der Waals surface area contributed by atoms with E-state index in [4.69, 9.17) is 14.2 Å². The summed E-state index contributed by atoms with van der Waals surface area (Å²) in [4.78, 5) is 39.0. The number of rotatable bonds is 10. The Bertz CT molecular complexity index is 1060. The third-order valence-corrected chi connectivity index (χ3v) is 7.19. The largest absolute Gasteiger partial charge is 0.507 e. The number of phenols is 1. The Kier molecular flexibility index (Phi) is 9.42. The Morgan fingerprint density at radius 3 is 2.54 bits per heavy atom. The zero-order valence-corrected chi connectivity index (χ0v) is 21.0. The van der Waals surface area contributed by atoms with Crippen LogP contribution in [0.5, 0.6) is 23.0 Å². The molecule has 2 aromatic carbocycles. The predicted molar refractivity (Wildman–Crippen MR) is 134 cm³/mol. The highest BCUT2D eigenvalue weighted by Gasteiger charge is 2.35. The molecule has 1 fully saturated rings. The Labute approximate surface area is 209 Å². The van der Waals surface area contributed by atoms with E-state index in [1.165, 1.54) is 13.2 Å². The minimum atomic E-state index is -0.257. The molecule has 0 radical (unpaired) electrons. The first kappa shape index (κ1) is 26.4. The molecule has 0 saturated carbocycles. The predicted octanol–water partition coefficient (Wildman–Crippen LogP) is 4.43. The van der Waals surface area contributed by atoms with Gasteiger partial charge < -0.3 is 24.2 Å². The molecule has 3 rings (SSSR count). The van der Waals surface area contributed by atoms with E-state index in [1.807, 2.05) is 6.26 Å². The first-order valence-electron chi connectivity index (χ1n) is 11.5. The van der Waals surface area contributed by atoms with Crippen LogP contribution in [-0.4, -0.2) is 67.0 Å². The van der Waals surface area contributed by atoms with Gasteiger partial charge in [0.15, 0.2) is 24.1 Å². The number of carbonyl (C=O) groups excluding carboxylic acids is 3. The van der Waals surface area contributed by atoms with Gasteiger partial charge in [-0.25, -0.2) is 0 Å². The number of phenolic OH excluding ortho intramolecular Hbond substituents is 1.